The lowest BCUT2D eigenvalue weighted by atomic mass is 9.94. The number of nitrogens with one attached hydrogen (secondary N) is 1. The summed E-state index contributed by atoms with van der Waals surface area (Å²) in [5, 5.41) is 15.8. The summed E-state index contributed by atoms with van der Waals surface area (Å²) in [7, 11) is 0. The molecule has 1 aliphatic carbocycles. The summed E-state index contributed by atoms with van der Waals surface area (Å²) in [6, 6.07) is 8.78. The van der Waals surface area contributed by atoms with Crippen LogP contribution in [0.3, 0.4) is 0 Å². The van der Waals surface area contributed by atoms with Crippen molar-refractivity contribution in [3.8, 4) is 0 Å². The summed E-state index contributed by atoms with van der Waals surface area (Å²) in [5.41, 5.74) is 2.19. The fourth-order valence-corrected chi connectivity index (χ4v) is 4.09. The van der Waals surface area contributed by atoms with Gasteiger partial charge in [-0.1, -0.05) is 23.4 Å². The Labute approximate surface area is 149 Å². The first-order valence-electron chi connectivity index (χ1n) is 8.06. The summed E-state index contributed by atoms with van der Waals surface area (Å²) in [6.07, 6.45) is 2.10. The van der Waals surface area contributed by atoms with Crippen LogP contribution in [-0.4, -0.2) is 29.4 Å². The van der Waals surface area contributed by atoms with Gasteiger partial charge in [-0.15, -0.1) is 11.3 Å². The molecule has 0 unspecified atom stereocenters. The Morgan fingerprint density at radius 1 is 1.28 bits per heavy atom. The Hall–Kier alpha value is -2.67. The van der Waals surface area contributed by atoms with Crippen LogP contribution in [0, 0.1) is 0 Å². The highest BCUT2D eigenvalue weighted by Gasteiger charge is 2.30. The molecule has 1 amide bonds. The summed E-state index contributed by atoms with van der Waals surface area (Å²) in [5.74, 6) is -0.769. The SMILES string of the molecule is CCOC(=O)c1c(NC(=O)c2ccccc2)sc2c1CCC/C2=N/O. The third kappa shape index (κ3) is 3.41. The molecular formula is C18H18N2O4S. The smallest absolute Gasteiger partial charge is 0.341 e. The lowest BCUT2D eigenvalue weighted by Gasteiger charge is -2.13. The molecule has 3 rings (SSSR count). The molecule has 0 saturated heterocycles. The van der Waals surface area contributed by atoms with Crippen LogP contribution in [0.15, 0.2) is 35.5 Å². The minimum atomic E-state index is -0.470. The van der Waals surface area contributed by atoms with E-state index < -0.39 is 5.97 Å². The molecule has 1 aromatic heterocycles. The van der Waals surface area contributed by atoms with Gasteiger partial charge in [-0.3, -0.25) is 4.79 Å². The van der Waals surface area contributed by atoms with Crippen LogP contribution in [0.25, 0.3) is 0 Å². The van der Waals surface area contributed by atoms with Crippen LogP contribution >= 0.6 is 11.3 Å². The number of rotatable bonds is 4. The molecule has 0 bridgehead atoms. The number of fused-ring (bicyclic) bond motifs is 1. The molecule has 6 nitrogen and oxygen atoms in total. The van der Waals surface area contributed by atoms with Crippen molar-refractivity contribution in [2.75, 3.05) is 11.9 Å². The number of anilines is 1. The number of benzene rings is 1. The predicted octanol–water partition coefficient (Wildman–Crippen LogP) is 3.69. The van der Waals surface area contributed by atoms with Gasteiger partial charge in [0, 0.05) is 5.56 Å². The Morgan fingerprint density at radius 2 is 2.04 bits per heavy atom. The van der Waals surface area contributed by atoms with E-state index in [4.69, 9.17) is 4.74 Å². The summed E-state index contributed by atoms with van der Waals surface area (Å²) in [4.78, 5) is 25.7. The number of esters is 1. The number of ether oxygens (including phenoxy) is 1. The Bertz CT molecular complexity index is 827. The van der Waals surface area contributed by atoms with E-state index in [-0.39, 0.29) is 12.5 Å². The molecule has 1 heterocycles. The average molecular weight is 358 g/mol. The molecule has 0 atom stereocenters. The summed E-state index contributed by atoms with van der Waals surface area (Å²) >= 11 is 1.25. The zero-order valence-electron chi connectivity index (χ0n) is 13.7. The Morgan fingerprint density at radius 3 is 2.72 bits per heavy atom. The van der Waals surface area contributed by atoms with Crippen molar-refractivity contribution in [3.05, 3.63) is 51.9 Å². The molecule has 0 saturated carbocycles. The van der Waals surface area contributed by atoms with Crippen LogP contribution in [-0.2, 0) is 11.2 Å². The van der Waals surface area contributed by atoms with Crippen LogP contribution < -0.4 is 5.32 Å². The highest BCUT2D eigenvalue weighted by molar-refractivity contribution is 7.19. The van der Waals surface area contributed by atoms with Crippen molar-refractivity contribution in [3.63, 3.8) is 0 Å². The second-order valence-electron chi connectivity index (χ2n) is 5.55. The molecule has 25 heavy (non-hydrogen) atoms. The topological polar surface area (TPSA) is 88.0 Å². The molecule has 0 fully saturated rings. The van der Waals surface area contributed by atoms with Crippen molar-refractivity contribution >= 4 is 33.9 Å². The molecule has 0 spiro atoms. The molecule has 2 N–H and O–H groups in total. The highest BCUT2D eigenvalue weighted by atomic mass is 32.1. The van der Waals surface area contributed by atoms with E-state index in [0.717, 1.165) is 16.9 Å². The molecule has 130 valence electrons. The number of amides is 1. The summed E-state index contributed by atoms with van der Waals surface area (Å²) < 4.78 is 5.16. The van der Waals surface area contributed by atoms with Gasteiger partial charge < -0.3 is 15.3 Å². The number of thiophene rings is 1. The maximum absolute atomic E-state index is 12.5. The molecule has 0 radical (unpaired) electrons. The molecule has 1 aromatic carbocycles. The number of carbonyl (C=O) groups excluding carboxylic acids is 2. The van der Waals surface area contributed by atoms with E-state index >= 15 is 0 Å². The van der Waals surface area contributed by atoms with E-state index in [1.165, 1.54) is 11.3 Å². The van der Waals surface area contributed by atoms with E-state index in [9.17, 15) is 14.8 Å². The van der Waals surface area contributed by atoms with Gasteiger partial charge in [-0.2, -0.15) is 0 Å². The normalized spacial score (nSPS) is 14.8. The zero-order chi connectivity index (χ0) is 17.8. The molecular weight excluding hydrogens is 340 g/mol. The molecule has 1 aliphatic rings. The van der Waals surface area contributed by atoms with Gasteiger partial charge in [0.15, 0.2) is 0 Å². The van der Waals surface area contributed by atoms with Gasteiger partial charge >= 0.3 is 5.97 Å². The number of oxime groups is 1. The van der Waals surface area contributed by atoms with Gasteiger partial charge in [-0.25, -0.2) is 4.79 Å². The first-order valence-corrected chi connectivity index (χ1v) is 8.87. The minimum Gasteiger partial charge on any atom is -0.462 e. The van der Waals surface area contributed by atoms with Gasteiger partial charge in [0.25, 0.3) is 5.91 Å². The van der Waals surface area contributed by atoms with Crippen molar-refractivity contribution < 1.29 is 19.5 Å². The monoisotopic (exact) mass is 358 g/mol. The average Bonchev–Trinajstić information content (AvgIpc) is 3.00. The number of hydrogen-bond donors (Lipinski definition) is 2. The Kier molecular flexibility index (Phi) is 5.14. The van der Waals surface area contributed by atoms with Crippen LogP contribution in [0.1, 0.15) is 50.9 Å². The van der Waals surface area contributed by atoms with E-state index in [0.29, 0.717) is 34.7 Å². The fraction of sp³-hybridized carbons (Fsp3) is 0.278. The highest BCUT2D eigenvalue weighted by Crippen LogP contribution is 2.39. The van der Waals surface area contributed by atoms with Gasteiger partial charge in [0.05, 0.1) is 22.8 Å². The van der Waals surface area contributed by atoms with E-state index in [1.807, 2.05) is 6.07 Å². The zero-order valence-corrected chi connectivity index (χ0v) is 14.6. The van der Waals surface area contributed by atoms with Crippen molar-refractivity contribution in [1.82, 2.24) is 0 Å². The van der Waals surface area contributed by atoms with E-state index in [1.54, 1.807) is 31.2 Å². The van der Waals surface area contributed by atoms with Gasteiger partial charge in [0.2, 0.25) is 0 Å². The predicted molar refractivity (Wildman–Crippen MR) is 95.9 cm³/mol. The van der Waals surface area contributed by atoms with Crippen LogP contribution in [0.2, 0.25) is 0 Å². The first-order chi connectivity index (χ1) is 12.2. The lowest BCUT2D eigenvalue weighted by Crippen LogP contribution is -2.16. The first kappa shape index (κ1) is 17.2. The number of hydrogen-bond acceptors (Lipinski definition) is 6. The lowest BCUT2D eigenvalue weighted by molar-refractivity contribution is 0.0527. The third-order valence-electron chi connectivity index (χ3n) is 3.97. The van der Waals surface area contributed by atoms with Crippen LogP contribution in [0.4, 0.5) is 5.00 Å². The number of carbonyl (C=O) groups is 2. The maximum Gasteiger partial charge on any atom is 0.341 e. The second kappa shape index (κ2) is 7.48. The molecule has 0 aliphatic heterocycles. The minimum absolute atomic E-state index is 0.246. The van der Waals surface area contributed by atoms with Gasteiger partial charge in [-0.05, 0) is 43.9 Å². The van der Waals surface area contributed by atoms with Crippen LogP contribution in [0.5, 0.6) is 0 Å². The fourth-order valence-electron chi connectivity index (χ4n) is 2.85. The van der Waals surface area contributed by atoms with Crippen molar-refractivity contribution in [2.24, 2.45) is 5.16 Å². The quantitative estimate of drug-likeness (QED) is 0.496. The molecule has 2 aromatic rings. The van der Waals surface area contributed by atoms with Crippen molar-refractivity contribution in [1.29, 1.82) is 0 Å². The third-order valence-corrected chi connectivity index (χ3v) is 5.17. The number of nitrogens with zero attached hydrogens (tertiary/aromatic N) is 1. The summed E-state index contributed by atoms with van der Waals surface area (Å²) in [6.45, 7) is 1.98. The van der Waals surface area contributed by atoms with E-state index in [2.05, 4.69) is 10.5 Å². The molecule has 7 heteroatoms. The van der Waals surface area contributed by atoms with Crippen molar-refractivity contribution in [2.45, 2.75) is 26.2 Å². The largest absolute Gasteiger partial charge is 0.462 e. The maximum atomic E-state index is 12.5. The second-order valence-corrected chi connectivity index (χ2v) is 6.58. The van der Waals surface area contributed by atoms with Gasteiger partial charge in [0.1, 0.15) is 5.00 Å². The Balaban J connectivity index is 2.01. The standard InChI is InChI=1S/C18H18N2O4S/c1-2-24-18(22)14-12-9-6-10-13(20-23)15(12)25-17(14)19-16(21)11-7-4-3-5-8-11/h3-5,7-8,23H,2,6,9-10H2,1H3,(H,19,21)/b20-13-.